The summed E-state index contributed by atoms with van der Waals surface area (Å²) in [7, 11) is 0. The Morgan fingerprint density at radius 1 is 1.26 bits per heavy atom. The average Bonchev–Trinajstić information content (AvgIpc) is 2.37. The van der Waals surface area contributed by atoms with Crippen LogP contribution in [-0.4, -0.2) is 11.2 Å². The molecule has 19 heavy (non-hydrogen) atoms. The Morgan fingerprint density at radius 2 is 1.89 bits per heavy atom. The first-order valence-electron chi connectivity index (χ1n) is 6.53. The number of rotatable bonds is 3. The predicted molar refractivity (Wildman–Crippen MR) is 80.7 cm³/mol. The van der Waals surface area contributed by atoms with E-state index in [2.05, 4.69) is 17.6 Å². The quantitative estimate of drug-likeness (QED) is 0.643. The van der Waals surface area contributed by atoms with Crippen LogP contribution < -0.4 is 0 Å². The summed E-state index contributed by atoms with van der Waals surface area (Å²) in [5.74, 6) is 5.96. The van der Waals surface area contributed by atoms with E-state index in [0.717, 1.165) is 5.57 Å². The van der Waals surface area contributed by atoms with E-state index in [1.54, 1.807) is 0 Å². The fourth-order valence-electron chi connectivity index (χ4n) is 1.44. The molecular weight excluding hydrogens is 232 g/mol. The van der Waals surface area contributed by atoms with E-state index in [9.17, 15) is 5.11 Å². The zero-order valence-electron chi connectivity index (χ0n) is 12.2. The minimum atomic E-state index is -0.678. The van der Waals surface area contributed by atoms with E-state index in [1.807, 2.05) is 64.1 Å². The Hall–Kier alpha value is -1.74. The maximum Gasteiger partial charge on any atom is 0.123 e. The fraction of sp³-hybridized carbons (Fsp3) is 0.389. The standard InChI is InChI=1S/C18H22O/c1-15(2)13-14-18(3,4)17(19)12-8-11-16-9-6-5-7-10-16/h5-7,9-10,14,17,19H,11H2,1-4H3. The molecule has 0 saturated heterocycles. The zero-order valence-corrected chi connectivity index (χ0v) is 12.2. The predicted octanol–water partition coefficient (Wildman–Crippen LogP) is 3.74. The molecule has 0 fully saturated rings. The van der Waals surface area contributed by atoms with Crippen LogP contribution in [0.3, 0.4) is 0 Å². The molecule has 1 unspecified atom stereocenters. The Kier molecular flexibility index (Phi) is 5.64. The molecule has 1 N–H and O–H groups in total. The van der Waals surface area contributed by atoms with Gasteiger partial charge in [0.2, 0.25) is 0 Å². The number of aliphatic hydroxyl groups excluding tert-OH is 1. The SMILES string of the molecule is CC(C)=C=CC(C)(C)C(O)C#CCc1ccccc1. The highest BCUT2D eigenvalue weighted by Crippen LogP contribution is 2.21. The topological polar surface area (TPSA) is 20.2 Å². The molecule has 0 bridgehead atoms. The first-order chi connectivity index (χ1) is 8.92. The van der Waals surface area contributed by atoms with Crippen molar-refractivity contribution in [3.63, 3.8) is 0 Å². The smallest absolute Gasteiger partial charge is 0.123 e. The van der Waals surface area contributed by atoms with Gasteiger partial charge in [0, 0.05) is 11.8 Å². The summed E-state index contributed by atoms with van der Waals surface area (Å²) in [4.78, 5) is 0. The second-order valence-corrected chi connectivity index (χ2v) is 5.50. The summed E-state index contributed by atoms with van der Waals surface area (Å²) < 4.78 is 0. The highest BCUT2D eigenvalue weighted by molar-refractivity contribution is 5.23. The van der Waals surface area contributed by atoms with E-state index >= 15 is 0 Å². The first-order valence-corrected chi connectivity index (χ1v) is 6.53. The number of aliphatic hydroxyl groups is 1. The van der Waals surface area contributed by atoms with Crippen molar-refractivity contribution in [1.82, 2.24) is 0 Å². The fourth-order valence-corrected chi connectivity index (χ4v) is 1.44. The second kappa shape index (κ2) is 7.00. The van der Waals surface area contributed by atoms with Crippen molar-refractivity contribution in [3.05, 3.63) is 53.3 Å². The van der Waals surface area contributed by atoms with Crippen LogP contribution in [0.15, 0.2) is 47.7 Å². The summed E-state index contributed by atoms with van der Waals surface area (Å²) in [5, 5.41) is 10.1. The molecule has 1 rings (SSSR count). The molecular formula is C18H22O. The van der Waals surface area contributed by atoms with Gasteiger partial charge in [-0.15, -0.1) is 5.73 Å². The van der Waals surface area contributed by atoms with Gasteiger partial charge in [0.1, 0.15) is 6.10 Å². The lowest BCUT2D eigenvalue weighted by Crippen LogP contribution is -2.25. The lowest BCUT2D eigenvalue weighted by molar-refractivity contribution is 0.135. The van der Waals surface area contributed by atoms with Crippen molar-refractivity contribution in [2.45, 2.75) is 40.2 Å². The summed E-state index contributed by atoms with van der Waals surface area (Å²) in [6, 6.07) is 10.0. The third-order valence-electron chi connectivity index (χ3n) is 2.81. The van der Waals surface area contributed by atoms with Gasteiger partial charge < -0.3 is 5.11 Å². The third kappa shape index (κ3) is 5.62. The Morgan fingerprint density at radius 3 is 2.47 bits per heavy atom. The molecule has 1 heteroatoms. The molecule has 0 amide bonds. The van der Waals surface area contributed by atoms with Crippen LogP contribution >= 0.6 is 0 Å². The summed E-state index contributed by atoms with van der Waals surface area (Å²) in [6.45, 7) is 7.90. The molecule has 1 aromatic carbocycles. The average molecular weight is 254 g/mol. The van der Waals surface area contributed by atoms with Gasteiger partial charge in [0.15, 0.2) is 0 Å². The molecule has 0 aliphatic carbocycles. The third-order valence-corrected chi connectivity index (χ3v) is 2.81. The van der Waals surface area contributed by atoms with Crippen LogP contribution in [0.25, 0.3) is 0 Å². The number of benzene rings is 1. The molecule has 1 aromatic rings. The molecule has 100 valence electrons. The Labute approximate surface area is 116 Å². The maximum absolute atomic E-state index is 10.1. The van der Waals surface area contributed by atoms with Crippen LogP contribution in [0, 0.1) is 17.3 Å². The van der Waals surface area contributed by atoms with E-state index in [0.29, 0.717) is 6.42 Å². The highest BCUT2D eigenvalue weighted by atomic mass is 16.3. The van der Waals surface area contributed by atoms with E-state index < -0.39 is 6.10 Å². The molecule has 0 spiro atoms. The van der Waals surface area contributed by atoms with Gasteiger partial charge in [0.25, 0.3) is 0 Å². The van der Waals surface area contributed by atoms with Crippen molar-refractivity contribution in [1.29, 1.82) is 0 Å². The van der Waals surface area contributed by atoms with Crippen LogP contribution in [0.5, 0.6) is 0 Å². The monoisotopic (exact) mass is 254 g/mol. The van der Waals surface area contributed by atoms with Gasteiger partial charge >= 0.3 is 0 Å². The molecule has 1 atom stereocenters. The molecule has 0 radical (unpaired) electrons. The maximum atomic E-state index is 10.1. The lowest BCUT2D eigenvalue weighted by atomic mass is 9.86. The van der Waals surface area contributed by atoms with Gasteiger partial charge in [0.05, 0.1) is 0 Å². The molecule has 0 saturated carbocycles. The van der Waals surface area contributed by atoms with Crippen molar-refractivity contribution in [3.8, 4) is 11.8 Å². The van der Waals surface area contributed by atoms with Gasteiger partial charge in [-0.05, 0) is 31.1 Å². The first kappa shape index (κ1) is 15.3. The lowest BCUT2D eigenvalue weighted by Gasteiger charge is -2.21. The highest BCUT2D eigenvalue weighted by Gasteiger charge is 2.22. The number of hydrogen-bond donors (Lipinski definition) is 1. The van der Waals surface area contributed by atoms with Crippen LogP contribution in [-0.2, 0) is 6.42 Å². The van der Waals surface area contributed by atoms with E-state index in [1.165, 1.54) is 5.56 Å². The summed E-state index contributed by atoms with van der Waals surface area (Å²) in [5.41, 5.74) is 5.01. The Bertz CT molecular complexity index is 516. The van der Waals surface area contributed by atoms with Crippen molar-refractivity contribution in [2.75, 3.05) is 0 Å². The number of hydrogen-bond acceptors (Lipinski definition) is 1. The second-order valence-electron chi connectivity index (χ2n) is 5.50. The van der Waals surface area contributed by atoms with Crippen LogP contribution in [0.2, 0.25) is 0 Å². The molecule has 1 nitrogen and oxygen atoms in total. The normalized spacial score (nSPS) is 11.8. The van der Waals surface area contributed by atoms with Gasteiger partial charge in [-0.3, -0.25) is 0 Å². The largest absolute Gasteiger partial charge is 0.379 e. The van der Waals surface area contributed by atoms with Crippen molar-refractivity contribution >= 4 is 0 Å². The molecule has 0 heterocycles. The van der Waals surface area contributed by atoms with Gasteiger partial charge in [-0.1, -0.05) is 56.0 Å². The van der Waals surface area contributed by atoms with Crippen LogP contribution in [0.4, 0.5) is 0 Å². The van der Waals surface area contributed by atoms with Crippen molar-refractivity contribution < 1.29 is 5.11 Å². The van der Waals surface area contributed by atoms with Gasteiger partial charge in [-0.2, -0.15) is 0 Å². The van der Waals surface area contributed by atoms with Gasteiger partial charge in [-0.25, -0.2) is 0 Å². The summed E-state index contributed by atoms with van der Waals surface area (Å²) in [6.07, 6.45) is 1.88. The van der Waals surface area contributed by atoms with Crippen molar-refractivity contribution in [2.24, 2.45) is 5.41 Å². The Balaban J connectivity index is 2.70. The molecule has 0 aliphatic heterocycles. The van der Waals surface area contributed by atoms with E-state index in [-0.39, 0.29) is 5.41 Å². The summed E-state index contributed by atoms with van der Waals surface area (Å²) >= 11 is 0. The minimum absolute atomic E-state index is 0.388. The molecule has 0 aliphatic rings. The molecule has 0 aromatic heterocycles. The minimum Gasteiger partial charge on any atom is -0.379 e. The van der Waals surface area contributed by atoms with Crippen LogP contribution in [0.1, 0.15) is 33.3 Å². The van der Waals surface area contributed by atoms with E-state index in [4.69, 9.17) is 0 Å². The zero-order chi connectivity index (χ0) is 14.3.